The Kier molecular flexibility index (Phi) is 13.3. The van der Waals surface area contributed by atoms with Crippen molar-refractivity contribution in [1.29, 1.82) is 0 Å². The van der Waals surface area contributed by atoms with Crippen LogP contribution in [-0.2, 0) is 11.2 Å². The molecule has 144 valence electrons. The monoisotopic (exact) mass is 370 g/mol. The maximum atomic E-state index is 11.6. The van der Waals surface area contributed by atoms with E-state index in [1.165, 1.54) is 5.56 Å². The predicted molar refractivity (Wildman–Crippen MR) is 108 cm³/mol. The first kappa shape index (κ1) is 23.7. The van der Waals surface area contributed by atoms with E-state index in [-0.39, 0.29) is 18.3 Å². The molecule has 1 aromatic carbocycles. The van der Waals surface area contributed by atoms with Crippen LogP contribution in [0.1, 0.15) is 52.5 Å². The molecule has 0 aromatic heterocycles. The molecule has 1 aromatic rings. The van der Waals surface area contributed by atoms with E-state index in [1.54, 1.807) is 6.92 Å². The van der Waals surface area contributed by atoms with Gasteiger partial charge in [0.1, 0.15) is 5.75 Å². The minimum absolute atomic E-state index is 0. The standard InChI is InChI=1S/C20H34N2O2.ClH/c1-5-7-14-24-20-10-8-9-19(15-20)11-12-21-17(3)16-22(13-6-2)18(4)23;/h8-10,15,17,21H,5-7,11-14,16H2,1-4H3;1H. The van der Waals surface area contributed by atoms with Crippen molar-refractivity contribution in [3.05, 3.63) is 29.8 Å². The quantitative estimate of drug-likeness (QED) is 0.564. The van der Waals surface area contributed by atoms with Gasteiger partial charge in [0.15, 0.2) is 0 Å². The van der Waals surface area contributed by atoms with E-state index in [2.05, 4.69) is 44.3 Å². The predicted octanol–water partition coefficient (Wildman–Crippen LogP) is 4.07. The van der Waals surface area contributed by atoms with E-state index < -0.39 is 0 Å². The molecule has 0 aliphatic rings. The lowest BCUT2D eigenvalue weighted by Gasteiger charge is -2.25. The number of nitrogens with zero attached hydrogens (tertiary/aromatic N) is 1. The lowest BCUT2D eigenvalue weighted by Crippen LogP contribution is -2.42. The van der Waals surface area contributed by atoms with Crippen LogP contribution in [0, 0.1) is 0 Å². The van der Waals surface area contributed by atoms with Gasteiger partial charge in [-0.15, -0.1) is 12.4 Å². The number of halogens is 1. The summed E-state index contributed by atoms with van der Waals surface area (Å²) in [6, 6.07) is 8.63. The van der Waals surface area contributed by atoms with Gasteiger partial charge in [0, 0.05) is 26.1 Å². The lowest BCUT2D eigenvalue weighted by molar-refractivity contribution is -0.129. The molecule has 1 rings (SSSR count). The summed E-state index contributed by atoms with van der Waals surface area (Å²) in [5, 5.41) is 3.51. The lowest BCUT2D eigenvalue weighted by atomic mass is 10.1. The highest BCUT2D eigenvalue weighted by molar-refractivity contribution is 5.85. The summed E-state index contributed by atoms with van der Waals surface area (Å²) in [6.07, 6.45) is 4.20. The van der Waals surface area contributed by atoms with Crippen LogP contribution in [0.4, 0.5) is 0 Å². The van der Waals surface area contributed by atoms with Gasteiger partial charge in [-0.1, -0.05) is 32.4 Å². The number of ether oxygens (including phenoxy) is 1. The van der Waals surface area contributed by atoms with Gasteiger partial charge in [0.25, 0.3) is 0 Å². The molecule has 1 amide bonds. The molecular weight excluding hydrogens is 336 g/mol. The first-order chi connectivity index (χ1) is 11.6. The molecule has 1 atom stereocenters. The molecule has 0 saturated heterocycles. The zero-order valence-corrected chi connectivity index (χ0v) is 17.0. The Morgan fingerprint density at radius 3 is 2.68 bits per heavy atom. The summed E-state index contributed by atoms with van der Waals surface area (Å²) in [4.78, 5) is 13.5. The highest BCUT2D eigenvalue weighted by atomic mass is 35.5. The molecule has 0 radical (unpaired) electrons. The van der Waals surface area contributed by atoms with Gasteiger partial charge < -0.3 is 15.0 Å². The van der Waals surface area contributed by atoms with Gasteiger partial charge in [-0.25, -0.2) is 0 Å². The molecule has 25 heavy (non-hydrogen) atoms. The number of hydrogen-bond donors (Lipinski definition) is 1. The summed E-state index contributed by atoms with van der Waals surface area (Å²) in [5.41, 5.74) is 1.28. The third-order valence-electron chi connectivity index (χ3n) is 4.00. The maximum absolute atomic E-state index is 11.6. The number of nitrogens with one attached hydrogen (secondary N) is 1. The topological polar surface area (TPSA) is 41.6 Å². The van der Waals surface area contributed by atoms with Crippen molar-refractivity contribution in [3.63, 3.8) is 0 Å². The van der Waals surface area contributed by atoms with Gasteiger partial charge in [0.05, 0.1) is 6.61 Å². The highest BCUT2D eigenvalue weighted by Crippen LogP contribution is 2.14. The van der Waals surface area contributed by atoms with Gasteiger partial charge in [-0.2, -0.15) is 0 Å². The second kappa shape index (κ2) is 14.0. The van der Waals surface area contributed by atoms with Crippen LogP contribution in [0.2, 0.25) is 0 Å². The summed E-state index contributed by atoms with van der Waals surface area (Å²) in [5.74, 6) is 1.11. The molecule has 0 aliphatic heterocycles. The molecule has 0 aliphatic carbocycles. The number of carbonyl (C=O) groups excluding carboxylic acids is 1. The largest absolute Gasteiger partial charge is 0.494 e. The first-order valence-electron chi connectivity index (χ1n) is 9.27. The van der Waals surface area contributed by atoms with Gasteiger partial charge >= 0.3 is 0 Å². The number of hydrogen-bond acceptors (Lipinski definition) is 3. The Hall–Kier alpha value is -1.26. The smallest absolute Gasteiger partial charge is 0.219 e. The van der Waals surface area contributed by atoms with Crippen molar-refractivity contribution in [1.82, 2.24) is 10.2 Å². The Labute approximate surface area is 159 Å². The average Bonchev–Trinajstić information content (AvgIpc) is 2.55. The zero-order chi connectivity index (χ0) is 17.8. The molecule has 0 spiro atoms. The minimum atomic E-state index is 0. The van der Waals surface area contributed by atoms with Gasteiger partial charge in [-0.3, -0.25) is 4.79 Å². The number of benzene rings is 1. The normalized spacial score (nSPS) is 11.5. The van der Waals surface area contributed by atoms with E-state index in [1.807, 2.05) is 11.0 Å². The number of rotatable bonds is 12. The van der Waals surface area contributed by atoms with E-state index in [0.717, 1.165) is 57.7 Å². The molecule has 1 unspecified atom stereocenters. The third-order valence-corrected chi connectivity index (χ3v) is 4.00. The average molecular weight is 371 g/mol. The Morgan fingerprint density at radius 1 is 1.28 bits per heavy atom. The van der Waals surface area contributed by atoms with E-state index in [9.17, 15) is 4.79 Å². The molecular formula is C20H35ClN2O2. The summed E-state index contributed by atoms with van der Waals surface area (Å²) in [6.45, 7) is 11.3. The summed E-state index contributed by atoms with van der Waals surface area (Å²) >= 11 is 0. The molecule has 1 N–H and O–H groups in total. The van der Waals surface area contributed by atoms with Crippen LogP contribution in [0.3, 0.4) is 0 Å². The van der Waals surface area contributed by atoms with Crippen molar-refractivity contribution in [2.45, 2.75) is 59.4 Å². The zero-order valence-electron chi connectivity index (χ0n) is 16.2. The Bertz CT molecular complexity index is 483. The van der Waals surface area contributed by atoms with E-state index in [0.29, 0.717) is 6.04 Å². The number of carbonyl (C=O) groups is 1. The third kappa shape index (κ3) is 10.4. The molecule has 0 fully saturated rings. The Morgan fingerprint density at radius 2 is 2.04 bits per heavy atom. The Balaban J connectivity index is 0.00000576. The van der Waals surface area contributed by atoms with Crippen LogP contribution < -0.4 is 10.1 Å². The van der Waals surface area contributed by atoms with Crippen LogP contribution in [0.15, 0.2) is 24.3 Å². The van der Waals surface area contributed by atoms with Crippen molar-refractivity contribution < 1.29 is 9.53 Å². The van der Waals surface area contributed by atoms with Crippen molar-refractivity contribution in [3.8, 4) is 5.75 Å². The summed E-state index contributed by atoms with van der Waals surface area (Å²) in [7, 11) is 0. The molecule has 0 bridgehead atoms. The van der Waals surface area contributed by atoms with Gasteiger partial charge in [0.2, 0.25) is 5.91 Å². The second-order valence-corrected chi connectivity index (χ2v) is 6.42. The number of amides is 1. The fourth-order valence-corrected chi connectivity index (χ4v) is 2.63. The molecule has 5 heteroatoms. The fraction of sp³-hybridized carbons (Fsp3) is 0.650. The fourth-order valence-electron chi connectivity index (χ4n) is 2.63. The highest BCUT2D eigenvalue weighted by Gasteiger charge is 2.11. The van der Waals surface area contributed by atoms with Crippen LogP contribution in [-0.4, -0.2) is 43.1 Å². The first-order valence-corrected chi connectivity index (χ1v) is 9.27. The van der Waals surface area contributed by atoms with Crippen LogP contribution in [0.25, 0.3) is 0 Å². The molecule has 0 saturated carbocycles. The van der Waals surface area contributed by atoms with E-state index in [4.69, 9.17) is 4.74 Å². The number of unbranched alkanes of at least 4 members (excludes halogenated alkanes) is 1. The maximum Gasteiger partial charge on any atom is 0.219 e. The minimum Gasteiger partial charge on any atom is -0.494 e. The second-order valence-electron chi connectivity index (χ2n) is 6.42. The SMILES string of the molecule is CCCCOc1cccc(CCNC(C)CN(CCC)C(C)=O)c1.Cl. The van der Waals surface area contributed by atoms with Crippen LogP contribution in [0.5, 0.6) is 5.75 Å². The summed E-state index contributed by atoms with van der Waals surface area (Å²) < 4.78 is 5.76. The molecule has 4 nitrogen and oxygen atoms in total. The van der Waals surface area contributed by atoms with Crippen LogP contribution >= 0.6 is 12.4 Å². The van der Waals surface area contributed by atoms with Crippen molar-refractivity contribution >= 4 is 18.3 Å². The molecule has 0 heterocycles. The van der Waals surface area contributed by atoms with Crippen molar-refractivity contribution in [2.75, 3.05) is 26.2 Å². The van der Waals surface area contributed by atoms with E-state index >= 15 is 0 Å². The van der Waals surface area contributed by atoms with Gasteiger partial charge in [-0.05, 0) is 50.4 Å². The van der Waals surface area contributed by atoms with Crippen molar-refractivity contribution in [2.24, 2.45) is 0 Å².